The standard InChI is InChI=1S/C11H11FN3/c12-9-3-1-8(2-4-9)11-14-7-10(15-11)5-6-13/h1-4,7H,5-6,13H2. The maximum Gasteiger partial charge on any atom is 0.159 e. The highest BCUT2D eigenvalue weighted by Crippen LogP contribution is 2.13. The van der Waals surface area contributed by atoms with Crippen LogP contribution in [0.15, 0.2) is 41.2 Å². The van der Waals surface area contributed by atoms with E-state index in [1.165, 1.54) is 12.1 Å². The smallest absolute Gasteiger partial charge is 0.159 e. The molecule has 77 valence electrons. The lowest BCUT2D eigenvalue weighted by atomic mass is 10.2. The summed E-state index contributed by atoms with van der Waals surface area (Å²) in [5.41, 5.74) is 7.10. The van der Waals surface area contributed by atoms with E-state index < -0.39 is 0 Å². The topological polar surface area (TPSA) is 52.5 Å². The van der Waals surface area contributed by atoms with Crippen molar-refractivity contribution in [3.05, 3.63) is 47.5 Å². The predicted octanol–water partition coefficient (Wildman–Crippen LogP) is 1.38. The van der Waals surface area contributed by atoms with Crippen LogP contribution in [0, 0.1) is 5.82 Å². The highest BCUT2D eigenvalue weighted by molar-refractivity contribution is 6.01. The lowest BCUT2D eigenvalue weighted by Crippen LogP contribution is -2.07. The summed E-state index contributed by atoms with van der Waals surface area (Å²) in [4.78, 5) is 4.29. The molecule has 0 fully saturated rings. The second-order valence-electron chi connectivity index (χ2n) is 3.23. The van der Waals surface area contributed by atoms with Crippen LogP contribution < -0.4 is 11.1 Å². The first-order valence-electron chi connectivity index (χ1n) is 4.74. The van der Waals surface area contributed by atoms with Crippen LogP contribution in [0.3, 0.4) is 0 Å². The van der Waals surface area contributed by atoms with Gasteiger partial charge in [0.05, 0.1) is 11.9 Å². The monoisotopic (exact) mass is 204 g/mol. The second kappa shape index (κ2) is 4.23. The van der Waals surface area contributed by atoms with Crippen molar-refractivity contribution in [2.24, 2.45) is 10.7 Å². The Labute approximate surface area is 87.5 Å². The molecule has 1 aromatic rings. The Hall–Kier alpha value is -1.68. The van der Waals surface area contributed by atoms with E-state index in [4.69, 9.17) is 5.73 Å². The summed E-state index contributed by atoms with van der Waals surface area (Å²) in [7, 11) is 0. The fraction of sp³-hybridized carbons (Fsp3) is 0.182. The van der Waals surface area contributed by atoms with Crippen LogP contribution in [0.25, 0.3) is 0 Å². The lowest BCUT2D eigenvalue weighted by Gasteiger charge is -1.98. The van der Waals surface area contributed by atoms with Crippen LogP contribution in [-0.2, 0) is 0 Å². The molecule has 15 heavy (non-hydrogen) atoms. The molecule has 0 saturated carbocycles. The molecule has 0 saturated heterocycles. The average Bonchev–Trinajstić information content (AvgIpc) is 2.68. The first-order chi connectivity index (χ1) is 7.29. The quantitative estimate of drug-likeness (QED) is 0.794. The van der Waals surface area contributed by atoms with Gasteiger partial charge < -0.3 is 5.73 Å². The Morgan fingerprint density at radius 3 is 2.60 bits per heavy atom. The molecule has 4 heteroatoms. The third-order valence-electron chi connectivity index (χ3n) is 2.09. The molecule has 0 aromatic heterocycles. The van der Waals surface area contributed by atoms with Crippen molar-refractivity contribution < 1.29 is 4.39 Å². The van der Waals surface area contributed by atoms with Crippen molar-refractivity contribution in [1.29, 1.82) is 0 Å². The van der Waals surface area contributed by atoms with E-state index >= 15 is 0 Å². The SMILES string of the molecule is NCCC1=C[N]C(c2ccc(F)cc2)=N1. The molecule has 1 aliphatic heterocycles. The van der Waals surface area contributed by atoms with Crippen LogP contribution in [0.4, 0.5) is 4.39 Å². The zero-order valence-electron chi connectivity index (χ0n) is 8.15. The normalized spacial score (nSPS) is 14.5. The minimum absolute atomic E-state index is 0.257. The first kappa shape index (κ1) is 9.86. The molecule has 1 aliphatic rings. The van der Waals surface area contributed by atoms with Gasteiger partial charge in [-0.1, -0.05) is 0 Å². The van der Waals surface area contributed by atoms with Crippen LogP contribution in [-0.4, -0.2) is 12.4 Å². The zero-order chi connectivity index (χ0) is 10.7. The van der Waals surface area contributed by atoms with E-state index in [0.29, 0.717) is 18.8 Å². The number of hydrogen-bond acceptors (Lipinski definition) is 2. The molecular formula is C11H11FN3. The van der Waals surface area contributed by atoms with Gasteiger partial charge in [-0.05, 0) is 30.8 Å². The summed E-state index contributed by atoms with van der Waals surface area (Å²) >= 11 is 0. The average molecular weight is 204 g/mol. The number of nitrogens with zero attached hydrogens (tertiary/aromatic N) is 2. The molecule has 3 nitrogen and oxygen atoms in total. The van der Waals surface area contributed by atoms with E-state index in [1.807, 2.05) is 0 Å². The van der Waals surface area contributed by atoms with Gasteiger partial charge >= 0.3 is 0 Å². The molecule has 1 aromatic carbocycles. The maximum absolute atomic E-state index is 12.7. The van der Waals surface area contributed by atoms with E-state index in [0.717, 1.165) is 11.3 Å². The minimum atomic E-state index is -0.257. The number of amidine groups is 1. The Morgan fingerprint density at radius 2 is 1.93 bits per heavy atom. The van der Waals surface area contributed by atoms with Crippen molar-refractivity contribution in [2.45, 2.75) is 6.42 Å². The number of hydrogen-bond donors (Lipinski definition) is 1. The second-order valence-corrected chi connectivity index (χ2v) is 3.23. The largest absolute Gasteiger partial charge is 0.330 e. The Balaban J connectivity index is 2.14. The number of halogens is 1. The van der Waals surface area contributed by atoms with Crippen molar-refractivity contribution >= 4 is 5.84 Å². The first-order valence-corrected chi connectivity index (χ1v) is 4.74. The Kier molecular flexibility index (Phi) is 2.78. The molecule has 0 amide bonds. The molecule has 1 heterocycles. The molecular weight excluding hydrogens is 193 g/mol. The van der Waals surface area contributed by atoms with Gasteiger partial charge in [-0.3, -0.25) is 0 Å². The molecule has 0 atom stereocenters. The van der Waals surface area contributed by atoms with E-state index in [1.54, 1.807) is 18.3 Å². The highest BCUT2D eigenvalue weighted by atomic mass is 19.1. The van der Waals surface area contributed by atoms with Gasteiger partial charge in [0.15, 0.2) is 5.84 Å². The van der Waals surface area contributed by atoms with Crippen LogP contribution in [0.5, 0.6) is 0 Å². The summed E-state index contributed by atoms with van der Waals surface area (Å²) in [6.45, 7) is 0.557. The summed E-state index contributed by atoms with van der Waals surface area (Å²) < 4.78 is 12.7. The van der Waals surface area contributed by atoms with Gasteiger partial charge in [-0.25, -0.2) is 14.7 Å². The summed E-state index contributed by atoms with van der Waals surface area (Å²) in [6, 6.07) is 6.12. The van der Waals surface area contributed by atoms with Gasteiger partial charge in [0, 0.05) is 12.0 Å². The Morgan fingerprint density at radius 1 is 1.20 bits per heavy atom. The number of aliphatic imine (C=N–C) groups is 1. The van der Waals surface area contributed by atoms with Crippen molar-refractivity contribution in [3.8, 4) is 0 Å². The van der Waals surface area contributed by atoms with Crippen molar-refractivity contribution in [3.63, 3.8) is 0 Å². The number of benzene rings is 1. The minimum Gasteiger partial charge on any atom is -0.330 e. The number of rotatable bonds is 3. The fourth-order valence-electron chi connectivity index (χ4n) is 1.34. The molecule has 1 radical (unpaired) electrons. The van der Waals surface area contributed by atoms with Gasteiger partial charge in [0.1, 0.15) is 5.82 Å². The van der Waals surface area contributed by atoms with Gasteiger partial charge in [-0.15, -0.1) is 0 Å². The molecule has 0 spiro atoms. The van der Waals surface area contributed by atoms with Crippen molar-refractivity contribution in [1.82, 2.24) is 5.32 Å². The molecule has 2 N–H and O–H groups in total. The number of nitrogens with two attached hydrogens (primary N) is 1. The zero-order valence-corrected chi connectivity index (χ0v) is 8.15. The summed E-state index contributed by atoms with van der Waals surface area (Å²) in [5.74, 6) is 0.367. The summed E-state index contributed by atoms with van der Waals surface area (Å²) in [5, 5.41) is 4.15. The van der Waals surface area contributed by atoms with Crippen LogP contribution in [0.2, 0.25) is 0 Å². The molecule has 0 bridgehead atoms. The van der Waals surface area contributed by atoms with Crippen LogP contribution >= 0.6 is 0 Å². The third-order valence-corrected chi connectivity index (χ3v) is 2.09. The van der Waals surface area contributed by atoms with Gasteiger partial charge in [0.25, 0.3) is 0 Å². The van der Waals surface area contributed by atoms with E-state index in [-0.39, 0.29) is 5.82 Å². The van der Waals surface area contributed by atoms with Gasteiger partial charge in [-0.2, -0.15) is 0 Å². The molecule has 0 aliphatic carbocycles. The molecule has 2 rings (SSSR count). The maximum atomic E-state index is 12.7. The Bertz CT molecular complexity index is 406. The lowest BCUT2D eigenvalue weighted by molar-refractivity contribution is 0.627. The van der Waals surface area contributed by atoms with Crippen molar-refractivity contribution in [2.75, 3.05) is 6.54 Å². The van der Waals surface area contributed by atoms with Crippen LogP contribution in [0.1, 0.15) is 12.0 Å². The van der Waals surface area contributed by atoms with E-state index in [9.17, 15) is 4.39 Å². The van der Waals surface area contributed by atoms with Gasteiger partial charge in [0.2, 0.25) is 0 Å². The van der Waals surface area contributed by atoms with E-state index in [2.05, 4.69) is 10.3 Å². The molecule has 0 unspecified atom stereocenters. The highest BCUT2D eigenvalue weighted by Gasteiger charge is 2.11. The summed E-state index contributed by atoms with van der Waals surface area (Å²) in [6.07, 6.45) is 2.42. The fourth-order valence-corrected chi connectivity index (χ4v) is 1.34. The predicted molar refractivity (Wildman–Crippen MR) is 56.8 cm³/mol. The third kappa shape index (κ3) is 2.22.